The van der Waals surface area contributed by atoms with Crippen molar-refractivity contribution in [2.24, 2.45) is 5.73 Å². The molecule has 3 N–H and O–H groups in total. The van der Waals surface area contributed by atoms with Gasteiger partial charge in [-0.2, -0.15) is 0 Å². The van der Waals surface area contributed by atoms with Crippen LogP contribution in [0.3, 0.4) is 0 Å². The number of aromatic hydroxyl groups is 1. The standard InChI is InChI=1S/C9H12BrNO2/c1-5(11)7-3-6(10)4-8(13-2)9(7)12/h3-5,12H,11H2,1-2H3/t5-/m1/s1. The van der Waals surface area contributed by atoms with Crippen LogP contribution in [0.25, 0.3) is 0 Å². The highest BCUT2D eigenvalue weighted by Gasteiger charge is 2.12. The third kappa shape index (κ3) is 2.14. The third-order valence-corrected chi connectivity index (χ3v) is 2.24. The number of phenols is 1. The van der Waals surface area contributed by atoms with E-state index in [2.05, 4.69) is 15.9 Å². The maximum absolute atomic E-state index is 9.66. The van der Waals surface area contributed by atoms with Gasteiger partial charge < -0.3 is 15.6 Å². The summed E-state index contributed by atoms with van der Waals surface area (Å²) in [5, 5.41) is 9.66. The average Bonchev–Trinajstić information content (AvgIpc) is 2.08. The van der Waals surface area contributed by atoms with Crippen LogP contribution in [0.5, 0.6) is 11.5 Å². The first kappa shape index (κ1) is 10.3. The van der Waals surface area contributed by atoms with Crippen molar-refractivity contribution >= 4 is 15.9 Å². The first-order valence-corrected chi connectivity index (χ1v) is 4.67. The number of hydrogen-bond acceptors (Lipinski definition) is 3. The zero-order valence-corrected chi connectivity index (χ0v) is 9.13. The van der Waals surface area contributed by atoms with Crippen molar-refractivity contribution in [3.05, 3.63) is 22.2 Å². The van der Waals surface area contributed by atoms with Crippen LogP contribution in [-0.2, 0) is 0 Å². The number of nitrogens with two attached hydrogens (primary N) is 1. The van der Waals surface area contributed by atoms with Crippen molar-refractivity contribution in [2.45, 2.75) is 13.0 Å². The Morgan fingerprint density at radius 3 is 2.62 bits per heavy atom. The zero-order valence-electron chi connectivity index (χ0n) is 7.54. The Morgan fingerprint density at radius 1 is 1.54 bits per heavy atom. The van der Waals surface area contributed by atoms with E-state index in [1.54, 1.807) is 19.1 Å². The lowest BCUT2D eigenvalue weighted by molar-refractivity contribution is 0.369. The van der Waals surface area contributed by atoms with E-state index in [0.717, 1.165) is 4.47 Å². The molecular formula is C9H12BrNO2. The highest BCUT2D eigenvalue weighted by Crippen LogP contribution is 2.35. The Balaban J connectivity index is 3.27. The van der Waals surface area contributed by atoms with Gasteiger partial charge in [-0.3, -0.25) is 0 Å². The van der Waals surface area contributed by atoms with Crippen LogP contribution in [0, 0.1) is 0 Å². The van der Waals surface area contributed by atoms with Gasteiger partial charge in [-0.15, -0.1) is 0 Å². The summed E-state index contributed by atoms with van der Waals surface area (Å²) in [5.74, 6) is 0.544. The topological polar surface area (TPSA) is 55.5 Å². The van der Waals surface area contributed by atoms with Crippen molar-refractivity contribution in [3.63, 3.8) is 0 Å². The van der Waals surface area contributed by atoms with Crippen molar-refractivity contribution in [1.82, 2.24) is 0 Å². The molecule has 0 radical (unpaired) electrons. The SMILES string of the molecule is COc1cc(Br)cc([C@@H](C)N)c1O. The number of methoxy groups -OCH3 is 1. The summed E-state index contributed by atoms with van der Waals surface area (Å²) >= 11 is 3.31. The molecule has 0 bridgehead atoms. The van der Waals surface area contributed by atoms with Gasteiger partial charge in [0, 0.05) is 16.1 Å². The van der Waals surface area contributed by atoms with Crippen LogP contribution < -0.4 is 10.5 Å². The quantitative estimate of drug-likeness (QED) is 0.840. The fraction of sp³-hybridized carbons (Fsp3) is 0.333. The van der Waals surface area contributed by atoms with Gasteiger partial charge in [0.15, 0.2) is 11.5 Å². The van der Waals surface area contributed by atoms with E-state index in [1.807, 2.05) is 0 Å². The number of halogens is 1. The maximum atomic E-state index is 9.66. The summed E-state index contributed by atoms with van der Waals surface area (Å²) in [6.45, 7) is 1.81. The van der Waals surface area contributed by atoms with Crippen molar-refractivity contribution in [2.75, 3.05) is 7.11 Å². The smallest absolute Gasteiger partial charge is 0.162 e. The number of ether oxygens (including phenoxy) is 1. The zero-order chi connectivity index (χ0) is 10.0. The molecule has 0 spiro atoms. The fourth-order valence-electron chi connectivity index (χ4n) is 1.10. The Hall–Kier alpha value is -0.740. The number of phenolic OH excluding ortho intramolecular Hbond substituents is 1. The molecule has 1 aromatic carbocycles. The van der Waals surface area contributed by atoms with Crippen LogP contribution in [0.15, 0.2) is 16.6 Å². The fourth-order valence-corrected chi connectivity index (χ4v) is 1.55. The lowest BCUT2D eigenvalue weighted by atomic mass is 10.1. The lowest BCUT2D eigenvalue weighted by Crippen LogP contribution is -2.05. The molecule has 72 valence electrons. The van der Waals surface area contributed by atoms with Crippen LogP contribution in [-0.4, -0.2) is 12.2 Å². The molecule has 4 heteroatoms. The largest absolute Gasteiger partial charge is 0.504 e. The molecule has 1 rings (SSSR count). The molecule has 0 fully saturated rings. The summed E-state index contributed by atoms with van der Waals surface area (Å²) in [6.07, 6.45) is 0. The minimum absolute atomic E-state index is 0.112. The molecule has 3 nitrogen and oxygen atoms in total. The second-order valence-electron chi connectivity index (χ2n) is 2.83. The molecule has 13 heavy (non-hydrogen) atoms. The van der Waals surface area contributed by atoms with Crippen LogP contribution in [0.2, 0.25) is 0 Å². The number of rotatable bonds is 2. The molecule has 0 aromatic heterocycles. The summed E-state index contributed by atoms with van der Waals surface area (Å²) < 4.78 is 5.82. The van der Waals surface area contributed by atoms with Crippen LogP contribution >= 0.6 is 15.9 Å². The predicted molar refractivity (Wildman–Crippen MR) is 55.0 cm³/mol. The van der Waals surface area contributed by atoms with E-state index in [4.69, 9.17) is 10.5 Å². The Morgan fingerprint density at radius 2 is 2.15 bits per heavy atom. The second kappa shape index (κ2) is 3.98. The monoisotopic (exact) mass is 245 g/mol. The molecule has 0 amide bonds. The van der Waals surface area contributed by atoms with Crippen molar-refractivity contribution in [1.29, 1.82) is 0 Å². The summed E-state index contributed by atoms with van der Waals surface area (Å²) in [4.78, 5) is 0. The first-order chi connectivity index (χ1) is 6.06. The average molecular weight is 246 g/mol. The predicted octanol–water partition coefficient (Wildman–Crippen LogP) is 2.18. The van der Waals surface area contributed by atoms with Gasteiger partial charge in [0.05, 0.1) is 7.11 Å². The minimum Gasteiger partial charge on any atom is -0.504 e. The van der Waals surface area contributed by atoms with Gasteiger partial charge in [0.1, 0.15) is 0 Å². The van der Waals surface area contributed by atoms with Crippen LogP contribution in [0.1, 0.15) is 18.5 Å². The molecule has 0 heterocycles. The molecule has 1 aromatic rings. The van der Waals surface area contributed by atoms with E-state index in [1.165, 1.54) is 7.11 Å². The Labute approximate surface area is 85.6 Å². The van der Waals surface area contributed by atoms with Gasteiger partial charge in [-0.1, -0.05) is 15.9 Å². The van der Waals surface area contributed by atoms with Gasteiger partial charge in [-0.25, -0.2) is 0 Å². The first-order valence-electron chi connectivity index (χ1n) is 3.88. The van der Waals surface area contributed by atoms with Gasteiger partial charge in [-0.05, 0) is 19.1 Å². The molecular weight excluding hydrogens is 234 g/mol. The van der Waals surface area contributed by atoms with Gasteiger partial charge in [0.25, 0.3) is 0 Å². The summed E-state index contributed by atoms with van der Waals surface area (Å²) in [6, 6.07) is 3.26. The molecule has 1 atom stereocenters. The molecule has 0 unspecified atom stereocenters. The maximum Gasteiger partial charge on any atom is 0.162 e. The molecule has 0 saturated heterocycles. The highest BCUT2D eigenvalue weighted by atomic mass is 79.9. The van der Waals surface area contributed by atoms with E-state index in [0.29, 0.717) is 11.3 Å². The Bertz CT molecular complexity index is 313. The summed E-state index contributed by atoms with van der Waals surface area (Å²) in [7, 11) is 1.51. The normalized spacial score (nSPS) is 12.6. The number of hydrogen-bond donors (Lipinski definition) is 2. The molecule has 0 aliphatic carbocycles. The van der Waals surface area contributed by atoms with Crippen molar-refractivity contribution in [3.8, 4) is 11.5 Å². The highest BCUT2D eigenvalue weighted by molar-refractivity contribution is 9.10. The van der Waals surface area contributed by atoms with Crippen molar-refractivity contribution < 1.29 is 9.84 Å². The minimum atomic E-state index is -0.216. The molecule has 0 saturated carbocycles. The van der Waals surface area contributed by atoms with E-state index in [-0.39, 0.29) is 11.8 Å². The van der Waals surface area contributed by atoms with Crippen LogP contribution in [0.4, 0.5) is 0 Å². The third-order valence-electron chi connectivity index (χ3n) is 1.78. The number of benzene rings is 1. The lowest BCUT2D eigenvalue weighted by Gasteiger charge is -2.12. The van der Waals surface area contributed by atoms with E-state index in [9.17, 15) is 5.11 Å². The molecule has 0 aliphatic rings. The Kier molecular flexibility index (Phi) is 3.17. The second-order valence-corrected chi connectivity index (χ2v) is 3.75. The van der Waals surface area contributed by atoms with Gasteiger partial charge >= 0.3 is 0 Å². The van der Waals surface area contributed by atoms with E-state index < -0.39 is 0 Å². The van der Waals surface area contributed by atoms with Gasteiger partial charge in [0.2, 0.25) is 0 Å². The summed E-state index contributed by atoms with van der Waals surface area (Å²) in [5.41, 5.74) is 6.34. The van der Waals surface area contributed by atoms with E-state index >= 15 is 0 Å². The molecule has 0 aliphatic heterocycles.